The van der Waals surface area contributed by atoms with Gasteiger partial charge in [-0.3, -0.25) is 0 Å². The van der Waals surface area contributed by atoms with Crippen molar-refractivity contribution in [3.8, 4) is 0 Å². The first-order chi connectivity index (χ1) is 6.91. The van der Waals surface area contributed by atoms with Gasteiger partial charge in [0, 0.05) is 6.21 Å². The summed E-state index contributed by atoms with van der Waals surface area (Å²) in [6.45, 7) is 3.43. The molecule has 0 unspecified atom stereocenters. The quantitative estimate of drug-likeness (QED) is 0.384. The van der Waals surface area contributed by atoms with Gasteiger partial charge in [-0.25, -0.2) is 0 Å². The molecule has 0 fully saturated rings. The zero-order valence-electron chi connectivity index (χ0n) is 7.98. The second kappa shape index (κ2) is 10.9. The Morgan fingerprint density at radius 3 is 1.93 bits per heavy atom. The maximum absolute atomic E-state index is 6.71. The molecule has 14 heavy (non-hydrogen) atoms. The summed E-state index contributed by atoms with van der Waals surface area (Å²) in [5.74, 6) is 0. The standard InChI is InChI=1S/C13H13N/c1-2-3-4-5-6-7-8-9-10-11-12-13-14/h3-8,10-14H,1H2. The third-order valence-electron chi connectivity index (χ3n) is 1.14. The molecule has 0 rings (SSSR count). The van der Waals surface area contributed by atoms with E-state index in [1.54, 1.807) is 30.4 Å². The van der Waals surface area contributed by atoms with Crippen LogP contribution in [0.15, 0.2) is 72.7 Å². The fourth-order valence-electron chi connectivity index (χ4n) is 0.585. The third-order valence-corrected chi connectivity index (χ3v) is 1.14. The maximum Gasteiger partial charge on any atom is 0.0177 e. The number of hydrogen-bond donors (Lipinski definition) is 1. The molecule has 0 aliphatic carbocycles. The second-order valence-corrected chi connectivity index (χ2v) is 2.19. The second-order valence-electron chi connectivity index (χ2n) is 2.19. The van der Waals surface area contributed by atoms with E-state index in [-0.39, 0.29) is 0 Å². The average Bonchev–Trinajstić information content (AvgIpc) is 2.21. The summed E-state index contributed by atoms with van der Waals surface area (Å²) in [5.41, 5.74) is 5.55. The van der Waals surface area contributed by atoms with Crippen molar-refractivity contribution in [1.29, 1.82) is 5.41 Å². The van der Waals surface area contributed by atoms with Gasteiger partial charge in [0.1, 0.15) is 0 Å². The lowest BCUT2D eigenvalue weighted by atomic mass is 10.4. The molecule has 0 aliphatic heterocycles. The van der Waals surface area contributed by atoms with Crippen LogP contribution >= 0.6 is 0 Å². The fraction of sp³-hybridized carbons (Fsp3) is 0. The minimum atomic E-state index is 1.22. The summed E-state index contributed by atoms with van der Waals surface area (Å²) in [7, 11) is 0. The highest BCUT2D eigenvalue weighted by atomic mass is 14.3. The van der Waals surface area contributed by atoms with Gasteiger partial charge in [-0.2, -0.15) is 0 Å². The predicted molar refractivity (Wildman–Crippen MR) is 62.6 cm³/mol. The number of nitrogens with one attached hydrogen (secondary N) is 1. The summed E-state index contributed by atoms with van der Waals surface area (Å²) in [6, 6.07) is 0. The lowest BCUT2D eigenvalue weighted by Gasteiger charge is -1.69. The van der Waals surface area contributed by atoms with Crippen molar-refractivity contribution in [1.82, 2.24) is 0 Å². The van der Waals surface area contributed by atoms with Crippen LogP contribution in [0.5, 0.6) is 0 Å². The Morgan fingerprint density at radius 2 is 1.36 bits per heavy atom. The molecule has 0 aromatic rings. The Balaban J connectivity index is 3.91. The van der Waals surface area contributed by atoms with E-state index in [0.717, 1.165) is 0 Å². The van der Waals surface area contributed by atoms with E-state index in [0.29, 0.717) is 0 Å². The molecule has 0 saturated carbocycles. The summed E-state index contributed by atoms with van der Waals surface area (Å²) in [5, 5.41) is 6.71. The normalized spacial score (nSPS) is 10.0. The monoisotopic (exact) mass is 183 g/mol. The molecule has 0 spiro atoms. The molecule has 0 saturated heterocycles. The lowest BCUT2D eigenvalue weighted by molar-refractivity contribution is 1.58. The smallest absolute Gasteiger partial charge is 0.0177 e. The van der Waals surface area contributed by atoms with Crippen molar-refractivity contribution in [3.05, 3.63) is 72.7 Å². The summed E-state index contributed by atoms with van der Waals surface area (Å²) >= 11 is 0. The Labute approximate surface area is 85.0 Å². The van der Waals surface area contributed by atoms with Crippen LogP contribution in [0.25, 0.3) is 0 Å². The van der Waals surface area contributed by atoms with Gasteiger partial charge >= 0.3 is 0 Å². The molecule has 1 heteroatoms. The minimum Gasteiger partial charge on any atom is -0.309 e. The topological polar surface area (TPSA) is 23.9 Å². The highest BCUT2D eigenvalue weighted by molar-refractivity contribution is 5.68. The van der Waals surface area contributed by atoms with Gasteiger partial charge in [0.15, 0.2) is 0 Å². The zero-order chi connectivity index (χ0) is 10.5. The molecule has 70 valence electrons. The first kappa shape index (κ1) is 11.9. The first-order valence-electron chi connectivity index (χ1n) is 4.17. The number of hydrogen-bond acceptors (Lipinski definition) is 1. The van der Waals surface area contributed by atoms with E-state index in [1.807, 2.05) is 24.3 Å². The van der Waals surface area contributed by atoms with Crippen LogP contribution in [0, 0.1) is 5.41 Å². The van der Waals surface area contributed by atoms with Crippen molar-refractivity contribution in [3.63, 3.8) is 0 Å². The van der Waals surface area contributed by atoms with Gasteiger partial charge in [-0.15, -0.1) is 11.5 Å². The van der Waals surface area contributed by atoms with Crippen molar-refractivity contribution in [2.24, 2.45) is 0 Å². The molecule has 1 N–H and O–H groups in total. The molecule has 1 nitrogen and oxygen atoms in total. The third kappa shape index (κ3) is 9.93. The first-order valence-corrected chi connectivity index (χ1v) is 4.17. The Hall–Kier alpha value is -2.07. The van der Waals surface area contributed by atoms with E-state index in [9.17, 15) is 0 Å². The van der Waals surface area contributed by atoms with E-state index < -0.39 is 0 Å². The Morgan fingerprint density at radius 1 is 0.786 bits per heavy atom. The highest BCUT2D eigenvalue weighted by Crippen LogP contribution is 1.80. The molecule has 0 amide bonds. The summed E-state index contributed by atoms with van der Waals surface area (Å²) in [6.07, 6.45) is 17.3. The molecule has 0 aliphatic rings. The van der Waals surface area contributed by atoms with Crippen LogP contribution in [0.1, 0.15) is 0 Å². The minimum absolute atomic E-state index is 1.22. The van der Waals surface area contributed by atoms with Gasteiger partial charge in [0.05, 0.1) is 0 Å². The molecule has 0 atom stereocenters. The highest BCUT2D eigenvalue weighted by Gasteiger charge is 1.59. The predicted octanol–water partition coefficient (Wildman–Crippen LogP) is 3.36. The van der Waals surface area contributed by atoms with E-state index in [1.165, 1.54) is 6.21 Å². The lowest BCUT2D eigenvalue weighted by Crippen LogP contribution is -1.52. The maximum atomic E-state index is 6.71. The van der Waals surface area contributed by atoms with Crippen molar-refractivity contribution < 1.29 is 0 Å². The molecule has 0 bridgehead atoms. The van der Waals surface area contributed by atoms with Crippen LogP contribution in [-0.2, 0) is 0 Å². The molecule has 0 heterocycles. The van der Waals surface area contributed by atoms with E-state index in [4.69, 9.17) is 5.41 Å². The van der Waals surface area contributed by atoms with Crippen LogP contribution < -0.4 is 0 Å². The number of allylic oxidation sites excluding steroid dienone is 8. The Bertz CT molecular complexity index is 341. The average molecular weight is 183 g/mol. The number of rotatable bonds is 5. The van der Waals surface area contributed by atoms with Gasteiger partial charge in [-0.05, 0) is 24.3 Å². The molecule has 0 radical (unpaired) electrons. The summed E-state index contributed by atoms with van der Waals surface area (Å²) in [4.78, 5) is 0. The molecule has 0 aromatic carbocycles. The van der Waals surface area contributed by atoms with Crippen LogP contribution in [-0.4, -0.2) is 6.21 Å². The molecular formula is C13H13N. The van der Waals surface area contributed by atoms with Crippen LogP contribution in [0.2, 0.25) is 0 Å². The van der Waals surface area contributed by atoms with E-state index in [2.05, 4.69) is 18.0 Å². The molecule has 0 aromatic heterocycles. The van der Waals surface area contributed by atoms with Crippen molar-refractivity contribution in [2.75, 3.05) is 0 Å². The van der Waals surface area contributed by atoms with Crippen LogP contribution in [0.3, 0.4) is 0 Å². The van der Waals surface area contributed by atoms with Gasteiger partial charge in [-0.1, -0.05) is 37.0 Å². The SMILES string of the molecule is C=C=CC=CC=CC=C=CC=CC=N. The largest absolute Gasteiger partial charge is 0.309 e. The van der Waals surface area contributed by atoms with Gasteiger partial charge < -0.3 is 5.41 Å². The van der Waals surface area contributed by atoms with Crippen molar-refractivity contribution in [2.45, 2.75) is 0 Å². The van der Waals surface area contributed by atoms with Crippen LogP contribution in [0.4, 0.5) is 0 Å². The Kier molecular flexibility index (Phi) is 9.31. The fourth-order valence-corrected chi connectivity index (χ4v) is 0.585. The van der Waals surface area contributed by atoms with Gasteiger partial charge in [0.25, 0.3) is 0 Å². The zero-order valence-corrected chi connectivity index (χ0v) is 7.98. The summed E-state index contributed by atoms with van der Waals surface area (Å²) < 4.78 is 0. The van der Waals surface area contributed by atoms with E-state index >= 15 is 0 Å². The van der Waals surface area contributed by atoms with Crippen molar-refractivity contribution >= 4 is 6.21 Å². The van der Waals surface area contributed by atoms with Gasteiger partial charge in [0.2, 0.25) is 0 Å². The molecular weight excluding hydrogens is 170 g/mol.